The quantitative estimate of drug-likeness (QED) is 0.328. The first-order chi connectivity index (χ1) is 16.7. The third-order valence-corrected chi connectivity index (χ3v) is 8.67. The highest BCUT2D eigenvalue weighted by molar-refractivity contribution is 5.99. The molecule has 4 atom stereocenters. The zero-order valence-electron chi connectivity index (χ0n) is 22.1. The van der Waals surface area contributed by atoms with Crippen molar-refractivity contribution in [2.24, 2.45) is 16.7 Å². The minimum atomic E-state index is -0.956. The van der Waals surface area contributed by atoms with Crippen molar-refractivity contribution in [1.29, 1.82) is 0 Å². The van der Waals surface area contributed by atoms with Gasteiger partial charge in [-0.25, -0.2) is 4.79 Å². The van der Waals surface area contributed by atoms with Crippen LogP contribution in [0.15, 0.2) is 12.1 Å². The lowest BCUT2D eigenvalue weighted by molar-refractivity contribution is -0.158. The number of likely N-dealkylation sites (tertiary alicyclic amines) is 1. The molecule has 4 unspecified atom stereocenters. The molecule has 9 nitrogen and oxygen atoms in total. The van der Waals surface area contributed by atoms with Crippen LogP contribution in [-0.4, -0.2) is 62.7 Å². The maximum Gasteiger partial charge on any atom is 0.329 e. The molecule has 2 amide bonds. The Morgan fingerprint density at radius 3 is 2.25 bits per heavy atom. The number of carbonyl (C=O) groups is 3. The van der Waals surface area contributed by atoms with E-state index in [0.717, 1.165) is 31.4 Å². The third-order valence-electron chi connectivity index (χ3n) is 8.67. The van der Waals surface area contributed by atoms with E-state index in [2.05, 4.69) is 33.0 Å². The second-order valence-electron chi connectivity index (χ2n) is 11.6. The highest BCUT2D eigenvalue weighted by Gasteiger charge is 2.48. The molecule has 0 radical (unpaired) electrons. The molecular weight excluding hydrogens is 464 g/mol. The Kier molecular flexibility index (Phi) is 7.81. The molecule has 4 N–H and O–H groups in total. The average Bonchev–Trinajstić information content (AvgIpc) is 3.35. The van der Waals surface area contributed by atoms with Crippen molar-refractivity contribution in [3.05, 3.63) is 17.7 Å². The van der Waals surface area contributed by atoms with Crippen molar-refractivity contribution < 1.29 is 34.4 Å². The predicted molar refractivity (Wildman–Crippen MR) is 134 cm³/mol. The van der Waals surface area contributed by atoms with Crippen molar-refractivity contribution in [3.63, 3.8) is 0 Å². The van der Waals surface area contributed by atoms with Crippen LogP contribution < -0.4 is 5.32 Å². The van der Waals surface area contributed by atoms with Crippen LogP contribution in [0, 0.1) is 16.7 Å². The van der Waals surface area contributed by atoms with Crippen molar-refractivity contribution in [2.45, 2.75) is 91.8 Å². The molecule has 1 aliphatic carbocycles. The summed E-state index contributed by atoms with van der Waals surface area (Å²) in [5.74, 6) is -3.14. The number of phenolic OH excluding ortho intramolecular Hbond substituents is 3. The summed E-state index contributed by atoms with van der Waals surface area (Å²) < 4.78 is 5.81. The molecule has 0 aromatic heterocycles. The number of ether oxygens (including phenoxy) is 1. The SMILES string of the molecule is CC(CC1CCC(C)(C)C1(C)C)OC(=O)C1CCCN1C(=O)C(C)NC(=O)c1cc(O)c(O)c(O)c1. The van der Waals surface area contributed by atoms with Gasteiger partial charge in [0.15, 0.2) is 17.2 Å². The second-order valence-corrected chi connectivity index (χ2v) is 11.6. The van der Waals surface area contributed by atoms with Gasteiger partial charge in [0.25, 0.3) is 5.91 Å². The fraction of sp³-hybridized carbons (Fsp3) is 0.667. The van der Waals surface area contributed by atoms with E-state index in [1.807, 2.05) is 6.92 Å². The van der Waals surface area contributed by atoms with Crippen molar-refractivity contribution >= 4 is 17.8 Å². The van der Waals surface area contributed by atoms with Gasteiger partial charge in [0.2, 0.25) is 5.91 Å². The van der Waals surface area contributed by atoms with E-state index >= 15 is 0 Å². The zero-order chi connectivity index (χ0) is 27.0. The molecule has 36 heavy (non-hydrogen) atoms. The van der Waals surface area contributed by atoms with Crippen LogP contribution in [0.1, 0.15) is 84.0 Å². The molecule has 9 heteroatoms. The average molecular weight is 505 g/mol. The lowest BCUT2D eigenvalue weighted by atomic mass is 9.66. The Labute approximate surface area is 212 Å². The summed E-state index contributed by atoms with van der Waals surface area (Å²) in [7, 11) is 0. The largest absolute Gasteiger partial charge is 0.504 e. The molecule has 0 bridgehead atoms. The summed E-state index contributed by atoms with van der Waals surface area (Å²) in [6.07, 6.45) is 3.92. The van der Waals surface area contributed by atoms with E-state index in [9.17, 15) is 29.7 Å². The van der Waals surface area contributed by atoms with Gasteiger partial charge < -0.3 is 30.3 Å². The van der Waals surface area contributed by atoms with Crippen molar-refractivity contribution in [3.8, 4) is 17.2 Å². The van der Waals surface area contributed by atoms with E-state index < -0.39 is 47.1 Å². The molecule has 3 rings (SSSR count). The molecule has 1 aromatic rings. The van der Waals surface area contributed by atoms with Gasteiger partial charge in [-0.3, -0.25) is 9.59 Å². The maximum absolute atomic E-state index is 13.1. The number of carbonyl (C=O) groups excluding carboxylic acids is 3. The number of amides is 2. The monoisotopic (exact) mass is 504 g/mol. The number of nitrogens with one attached hydrogen (secondary N) is 1. The van der Waals surface area contributed by atoms with Gasteiger partial charge in [-0.1, -0.05) is 27.7 Å². The van der Waals surface area contributed by atoms with E-state index in [-0.39, 0.29) is 22.5 Å². The van der Waals surface area contributed by atoms with E-state index in [1.54, 1.807) is 0 Å². The Balaban J connectivity index is 1.59. The Hall–Kier alpha value is -2.97. The summed E-state index contributed by atoms with van der Waals surface area (Å²) in [5, 5.41) is 31.3. The predicted octanol–water partition coefficient (Wildman–Crippen LogP) is 3.70. The summed E-state index contributed by atoms with van der Waals surface area (Å²) >= 11 is 0. The van der Waals surface area contributed by atoms with Gasteiger partial charge in [0.05, 0.1) is 6.10 Å². The summed E-state index contributed by atoms with van der Waals surface area (Å²) in [6.45, 7) is 13.0. The summed E-state index contributed by atoms with van der Waals surface area (Å²) in [4.78, 5) is 40.1. The number of hydrogen-bond donors (Lipinski definition) is 4. The number of benzene rings is 1. The molecule has 1 heterocycles. The van der Waals surface area contributed by atoms with Crippen LogP contribution in [0.4, 0.5) is 0 Å². The van der Waals surface area contributed by atoms with Gasteiger partial charge in [-0.15, -0.1) is 0 Å². The summed E-state index contributed by atoms with van der Waals surface area (Å²) in [6, 6.07) is 0.328. The first-order valence-electron chi connectivity index (χ1n) is 12.7. The van der Waals surface area contributed by atoms with Crippen molar-refractivity contribution in [1.82, 2.24) is 10.2 Å². The van der Waals surface area contributed by atoms with Gasteiger partial charge in [-0.2, -0.15) is 0 Å². The van der Waals surface area contributed by atoms with Gasteiger partial charge in [0, 0.05) is 12.1 Å². The van der Waals surface area contributed by atoms with Crippen LogP contribution in [-0.2, 0) is 14.3 Å². The van der Waals surface area contributed by atoms with E-state index in [0.29, 0.717) is 25.3 Å². The third kappa shape index (κ3) is 5.39. The first kappa shape index (κ1) is 27.6. The molecule has 0 spiro atoms. The van der Waals surface area contributed by atoms with Gasteiger partial charge in [0.1, 0.15) is 12.1 Å². The minimum absolute atomic E-state index is 0.119. The maximum atomic E-state index is 13.1. The first-order valence-corrected chi connectivity index (χ1v) is 12.7. The molecular formula is C27H40N2O7. The normalized spacial score (nSPS) is 24.2. The Morgan fingerprint density at radius 1 is 1.08 bits per heavy atom. The zero-order valence-corrected chi connectivity index (χ0v) is 22.1. The standard InChI is InChI=1S/C27H40N2O7/c1-15(12-18-9-10-26(3,4)27(18,5)6)36-25(35)19-8-7-11-29(19)24(34)16(2)28-23(33)17-13-20(30)22(32)21(31)14-17/h13-16,18-19,30-32H,7-12H2,1-6H3,(H,28,33). The molecule has 2 fully saturated rings. The lowest BCUT2D eigenvalue weighted by Crippen LogP contribution is -2.51. The van der Waals surface area contributed by atoms with Crippen molar-refractivity contribution in [2.75, 3.05) is 6.54 Å². The topological polar surface area (TPSA) is 136 Å². The molecule has 2 aliphatic rings. The molecule has 1 saturated heterocycles. The number of phenols is 3. The van der Waals surface area contributed by atoms with Gasteiger partial charge >= 0.3 is 5.97 Å². The number of aromatic hydroxyl groups is 3. The second kappa shape index (κ2) is 10.2. The molecule has 1 aromatic carbocycles. The number of esters is 1. The lowest BCUT2D eigenvalue weighted by Gasteiger charge is -2.40. The fourth-order valence-corrected chi connectivity index (χ4v) is 5.51. The Morgan fingerprint density at radius 2 is 1.69 bits per heavy atom. The van der Waals surface area contributed by atoms with Crippen LogP contribution in [0.5, 0.6) is 17.2 Å². The van der Waals surface area contributed by atoms with E-state index in [1.165, 1.54) is 11.8 Å². The van der Waals surface area contributed by atoms with Crippen LogP contribution in [0.3, 0.4) is 0 Å². The fourth-order valence-electron chi connectivity index (χ4n) is 5.51. The molecule has 200 valence electrons. The number of rotatable bonds is 7. The number of hydrogen-bond acceptors (Lipinski definition) is 7. The van der Waals surface area contributed by atoms with Gasteiger partial charge in [-0.05, 0) is 74.8 Å². The van der Waals surface area contributed by atoms with Crippen LogP contribution in [0.25, 0.3) is 0 Å². The van der Waals surface area contributed by atoms with E-state index in [4.69, 9.17) is 4.74 Å². The number of nitrogens with zero attached hydrogens (tertiary/aromatic N) is 1. The highest BCUT2D eigenvalue weighted by Crippen LogP contribution is 2.57. The molecule has 1 saturated carbocycles. The highest BCUT2D eigenvalue weighted by atomic mass is 16.5. The Bertz CT molecular complexity index is 996. The smallest absolute Gasteiger partial charge is 0.329 e. The minimum Gasteiger partial charge on any atom is -0.504 e. The summed E-state index contributed by atoms with van der Waals surface area (Å²) in [5.41, 5.74) is 0.252. The van der Waals surface area contributed by atoms with Crippen LogP contribution in [0.2, 0.25) is 0 Å². The molecule has 1 aliphatic heterocycles. The van der Waals surface area contributed by atoms with Crippen LogP contribution >= 0.6 is 0 Å².